The van der Waals surface area contributed by atoms with Crippen LogP contribution in [0.2, 0.25) is 0 Å². The van der Waals surface area contributed by atoms with Gasteiger partial charge in [0.1, 0.15) is 0 Å². The van der Waals surface area contributed by atoms with Crippen molar-refractivity contribution in [1.82, 2.24) is 10.2 Å². The largest absolute Gasteiger partial charge is 0.300 e. The van der Waals surface area contributed by atoms with Gasteiger partial charge in [-0.2, -0.15) is 0 Å². The SMILES string of the molecule is CCN1C(=O)CC(NC2(C)CCC2)C1=O. The fraction of sp³-hybridized carbons (Fsp3) is 0.818. The van der Waals surface area contributed by atoms with Crippen LogP contribution < -0.4 is 5.32 Å². The molecule has 84 valence electrons. The summed E-state index contributed by atoms with van der Waals surface area (Å²) in [6.07, 6.45) is 3.77. The maximum Gasteiger partial charge on any atom is 0.246 e. The first-order chi connectivity index (χ1) is 7.06. The lowest BCUT2D eigenvalue weighted by Gasteiger charge is -2.41. The summed E-state index contributed by atoms with van der Waals surface area (Å²) in [4.78, 5) is 24.6. The van der Waals surface area contributed by atoms with Gasteiger partial charge in [-0.3, -0.25) is 14.5 Å². The number of nitrogens with one attached hydrogen (secondary N) is 1. The first kappa shape index (κ1) is 10.6. The molecule has 4 heteroatoms. The first-order valence-corrected chi connectivity index (χ1v) is 5.68. The summed E-state index contributed by atoms with van der Waals surface area (Å²) < 4.78 is 0. The van der Waals surface area contributed by atoms with Crippen molar-refractivity contribution in [3.8, 4) is 0 Å². The van der Waals surface area contributed by atoms with E-state index in [1.54, 1.807) is 0 Å². The Hall–Kier alpha value is -0.900. The minimum atomic E-state index is -0.275. The molecule has 1 N–H and O–H groups in total. The number of nitrogens with zero attached hydrogens (tertiary/aromatic N) is 1. The van der Waals surface area contributed by atoms with Gasteiger partial charge in [-0.15, -0.1) is 0 Å². The molecule has 4 nitrogen and oxygen atoms in total. The molecule has 0 radical (unpaired) electrons. The highest BCUT2D eigenvalue weighted by molar-refractivity contribution is 6.05. The van der Waals surface area contributed by atoms with E-state index in [0.717, 1.165) is 12.8 Å². The van der Waals surface area contributed by atoms with Crippen molar-refractivity contribution in [2.45, 2.75) is 51.1 Å². The number of rotatable bonds is 3. The first-order valence-electron chi connectivity index (χ1n) is 5.68. The van der Waals surface area contributed by atoms with Crippen LogP contribution in [0.25, 0.3) is 0 Å². The monoisotopic (exact) mass is 210 g/mol. The second-order valence-corrected chi connectivity index (χ2v) is 4.79. The number of likely N-dealkylation sites (tertiary alicyclic amines) is 1. The highest BCUT2D eigenvalue weighted by Crippen LogP contribution is 2.32. The summed E-state index contributed by atoms with van der Waals surface area (Å²) in [6.45, 7) is 4.46. The van der Waals surface area contributed by atoms with Gasteiger partial charge in [0.2, 0.25) is 11.8 Å². The second kappa shape index (κ2) is 3.59. The molecule has 2 aliphatic rings. The molecular formula is C11H18N2O2. The summed E-state index contributed by atoms with van der Waals surface area (Å²) in [5.74, 6) is -0.0847. The van der Waals surface area contributed by atoms with Crippen LogP contribution in [0.15, 0.2) is 0 Å². The van der Waals surface area contributed by atoms with E-state index in [2.05, 4.69) is 12.2 Å². The Balaban J connectivity index is 2.00. The van der Waals surface area contributed by atoms with Gasteiger partial charge >= 0.3 is 0 Å². The van der Waals surface area contributed by atoms with Crippen molar-refractivity contribution in [2.24, 2.45) is 0 Å². The number of carbonyl (C=O) groups excluding carboxylic acids is 2. The number of imide groups is 1. The van der Waals surface area contributed by atoms with Crippen LogP contribution in [0.1, 0.15) is 39.5 Å². The summed E-state index contributed by atoms with van der Waals surface area (Å²) in [5, 5.41) is 3.32. The van der Waals surface area contributed by atoms with Crippen LogP contribution in [-0.2, 0) is 9.59 Å². The zero-order valence-electron chi connectivity index (χ0n) is 9.38. The zero-order valence-corrected chi connectivity index (χ0v) is 9.38. The van der Waals surface area contributed by atoms with Gasteiger partial charge in [0.25, 0.3) is 0 Å². The average molecular weight is 210 g/mol. The second-order valence-electron chi connectivity index (χ2n) is 4.79. The van der Waals surface area contributed by atoms with Crippen molar-refractivity contribution in [1.29, 1.82) is 0 Å². The number of hydrogen-bond donors (Lipinski definition) is 1. The molecule has 2 rings (SSSR count). The maximum absolute atomic E-state index is 11.8. The molecule has 15 heavy (non-hydrogen) atoms. The lowest BCUT2D eigenvalue weighted by molar-refractivity contribution is -0.138. The number of likely N-dealkylation sites (N-methyl/N-ethyl adjacent to an activating group) is 1. The predicted molar refractivity (Wildman–Crippen MR) is 56.2 cm³/mol. The fourth-order valence-corrected chi connectivity index (χ4v) is 2.40. The Morgan fingerprint density at radius 2 is 2.13 bits per heavy atom. The Bertz CT molecular complexity index is 297. The number of carbonyl (C=O) groups is 2. The third-order valence-corrected chi connectivity index (χ3v) is 3.54. The molecule has 2 amide bonds. The third kappa shape index (κ3) is 1.78. The molecular weight excluding hydrogens is 192 g/mol. The summed E-state index contributed by atoms with van der Waals surface area (Å²) in [7, 11) is 0. The number of amides is 2. The van der Waals surface area contributed by atoms with E-state index in [-0.39, 0.29) is 23.4 Å². The average Bonchev–Trinajstić information content (AvgIpc) is 2.39. The molecule has 1 saturated carbocycles. The van der Waals surface area contributed by atoms with Crippen LogP contribution in [0, 0.1) is 0 Å². The van der Waals surface area contributed by atoms with Gasteiger partial charge in [-0.05, 0) is 33.1 Å². The smallest absolute Gasteiger partial charge is 0.246 e. The Kier molecular flexibility index (Phi) is 2.54. The van der Waals surface area contributed by atoms with E-state index in [4.69, 9.17) is 0 Å². The molecule has 1 aliphatic heterocycles. The number of hydrogen-bond acceptors (Lipinski definition) is 3. The van der Waals surface area contributed by atoms with Gasteiger partial charge < -0.3 is 5.32 Å². The van der Waals surface area contributed by atoms with E-state index in [1.807, 2.05) is 6.92 Å². The lowest BCUT2D eigenvalue weighted by atomic mass is 9.78. The molecule has 1 heterocycles. The predicted octanol–water partition coefficient (Wildman–Crippen LogP) is 0.666. The van der Waals surface area contributed by atoms with Crippen LogP contribution >= 0.6 is 0 Å². The summed E-state index contributed by atoms with van der Waals surface area (Å²) >= 11 is 0. The van der Waals surface area contributed by atoms with Crippen LogP contribution in [0.5, 0.6) is 0 Å². The van der Waals surface area contributed by atoms with Gasteiger partial charge in [-0.1, -0.05) is 0 Å². The van der Waals surface area contributed by atoms with E-state index in [0.29, 0.717) is 13.0 Å². The van der Waals surface area contributed by atoms with Crippen LogP contribution in [0.3, 0.4) is 0 Å². The summed E-state index contributed by atoms with van der Waals surface area (Å²) in [6, 6.07) is -0.275. The Morgan fingerprint density at radius 3 is 2.53 bits per heavy atom. The van der Waals surface area contributed by atoms with Gasteiger partial charge in [0.15, 0.2) is 0 Å². The highest BCUT2D eigenvalue weighted by Gasteiger charge is 2.42. The molecule has 1 unspecified atom stereocenters. The van der Waals surface area contributed by atoms with Crippen molar-refractivity contribution in [3.63, 3.8) is 0 Å². The minimum absolute atomic E-state index is 0.0390. The molecule has 0 aromatic heterocycles. The maximum atomic E-state index is 11.8. The van der Waals surface area contributed by atoms with Crippen molar-refractivity contribution in [2.75, 3.05) is 6.54 Å². The molecule has 0 aromatic rings. The molecule has 0 spiro atoms. The fourth-order valence-electron chi connectivity index (χ4n) is 2.40. The van der Waals surface area contributed by atoms with E-state index >= 15 is 0 Å². The van der Waals surface area contributed by atoms with E-state index in [1.165, 1.54) is 11.3 Å². The van der Waals surface area contributed by atoms with Gasteiger partial charge in [-0.25, -0.2) is 0 Å². The van der Waals surface area contributed by atoms with Gasteiger partial charge in [0, 0.05) is 12.1 Å². The third-order valence-electron chi connectivity index (χ3n) is 3.54. The molecule has 0 aromatic carbocycles. The molecule has 1 aliphatic carbocycles. The van der Waals surface area contributed by atoms with Crippen molar-refractivity contribution >= 4 is 11.8 Å². The molecule has 1 saturated heterocycles. The topological polar surface area (TPSA) is 49.4 Å². The van der Waals surface area contributed by atoms with Gasteiger partial charge in [0.05, 0.1) is 12.5 Å². The normalized spacial score (nSPS) is 29.5. The quantitative estimate of drug-likeness (QED) is 0.696. The van der Waals surface area contributed by atoms with Crippen molar-refractivity contribution in [3.05, 3.63) is 0 Å². The van der Waals surface area contributed by atoms with Crippen LogP contribution in [-0.4, -0.2) is 34.8 Å². The van der Waals surface area contributed by atoms with E-state index in [9.17, 15) is 9.59 Å². The Labute approximate surface area is 90.0 Å². The lowest BCUT2D eigenvalue weighted by Crippen LogP contribution is -2.54. The molecule has 2 fully saturated rings. The molecule has 0 bridgehead atoms. The highest BCUT2D eigenvalue weighted by atomic mass is 16.2. The van der Waals surface area contributed by atoms with Crippen molar-refractivity contribution < 1.29 is 9.59 Å². The van der Waals surface area contributed by atoms with Crippen LogP contribution in [0.4, 0.5) is 0 Å². The molecule has 1 atom stereocenters. The zero-order chi connectivity index (χ0) is 11.1. The Morgan fingerprint density at radius 1 is 1.47 bits per heavy atom. The standard InChI is InChI=1S/C11H18N2O2/c1-3-13-9(14)7-8(10(13)15)12-11(2)5-4-6-11/h8,12H,3-7H2,1-2H3. The summed E-state index contributed by atoms with van der Waals surface area (Å²) in [5.41, 5.74) is 0.0877. The van der Waals surface area contributed by atoms with E-state index < -0.39 is 0 Å². The minimum Gasteiger partial charge on any atom is -0.300 e.